The maximum atomic E-state index is 13.1. The van der Waals surface area contributed by atoms with E-state index in [0.717, 1.165) is 0 Å². The minimum absolute atomic E-state index is 0.184. The molecule has 1 aromatic rings. The van der Waals surface area contributed by atoms with Gasteiger partial charge >= 0.3 is 0 Å². The van der Waals surface area contributed by atoms with Crippen LogP contribution in [-0.2, 0) is 32.6 Å². The second-order valence-corrected chi connectivity index (χ2v) is 7.05. The standard InChI is InChI=1S/C17H24N6O4/c1-22-8-10(19-9-22)7-12(21-16(26)11-4-5-14(24)20-11)17(27)23-6-2-3-13(23)15(18)25/h8-9,11-13H,2-7H2,1H3,(H2,18,25)(H,20,24)(H,21,26). The Labute approximate surface area is 156 Å². The molecular formula is C17H24N6O4. The van der Waals surface area contributed by atoms with Crippen LogP contribution in [0.2, 0.25) is 0 Å². The first-order valence-electron chi connectivity index (χ1n) is 9.01. The third-order valence-corrected chi connectivity index (χ3v) is 4.96. The number of imidazole rings is 1. The summed E-state index contributed by atoms with van der Waals surface area (Å²) in [5.41, 5.74) is 6.05. The van der Waals surface area contributed by atoms with E-state index in [2.05, 4.69) is 15.6 Å². The SMILES string of the molecule is Cn1cnc(CC(NC(=O)C2CCC(=O)N2)C(=O)N2CCCC2C(N)=O)c1. The van der Waals surface area contributed by atoms with Gasteiger partial charge in [0.2, 0.25) is 23.6 Å². The van der Waals surface area contributed by atoms with Crippen molar-refractivity contribution in [1.29, 1.82) is 0 Å². The largest absolute Gasteiger partial charge is 0.368 e. The molecule has 2 aliphatic heterocycles. The average molecular weight is 376 g/mol. The zero-order chi connectivity index (χ0) is 19.6. The van der Waals surface area contributed by atoms with Crippen LogP contribution in [0, 0.1) is 0 Å². The lowest BCUT2D eigenvalue weighted by Gasteiger charge is -2.28. The van der Waals surface area contributed by atoms with Crippen molar-refractivity contribution in [2.24, 2.45) is 12.8 Å². The molecule has 3 heterocycles. The first-order valence-corrected chi connectivity index (χ1v) is 9.01. The smallest absolute Gasteiger partial charge is 0.246 e. The minimum atomic E-state index is -0.884. The molecule has 3 unspecified atom stereocenters. The fourth-order valence-corrected chi connectivity index (χ4v) is 3.59. The average Bonchev–Trinajstić information content (AvgIpc) is 3.34. The van der Waals surface area contributed by atoms with Gasteiger partial charge in [-0.2, -0.15) is 0 Å². The highest BCUT2D eigenvalue weighted by Crippen LogP contribution is 2.19. The zero-order valence-electron chi connectivity index (χ0n) is 15.2. The summed E-state index contributed by atoms with van der Waals surface area (Å²) in [6.07, 6.45) is 5.44. The summed E-state index contributed by atoms with van der Waals surface area (Å²) in [5.74, 6) is -1.51. The number of amides is 4. The van der Waals surface area contributed by atoms with Crippen LogP contribution in [0.3, 0.4) is 0 Å². The van der Waals surface area contributed by atoms with Crippen molar-refractivity contribution in [2.45, 2.75) is 50.2 Å². The predicted octanol–water partition coefficient (Wildman–Crippen LogP) is -1.80. The Morgan fingerprint density at radius 3 is 2.78 bits per heavy atom. The van der Waals surface area contributed by atoms with Gasteiger partial charge in [-0.15, -0.1) is 0 Å². The van der Waals surface area contributed by atoms with E-state index in [1.807, 2.05) is 7.05 Å². The van der Waals surface area contributed by atoms with Gasteiger partial charge in [0.05, 0.1) is 12.0 Å². The van der Waals surface area contributed by atoms with Gasteiger partial charge in [-0.3, -0.25) is 19.2 Å². The lowest BCUT2D eigenvalue weighted by molar-refractivity contribution is -0.140. The third kappa shape index (κ3) is 4.26. The molecule has 1 aromatic heterocycles. The summed E-state index contributed by atoms with van der Waals surface area (Å²) < 4.78 is 1.75. The van der Waals surface area contributed by atoms with Crippen molar-refractivity contribution < 1.29 is 19.2 Å². The highest BCUT2D eigenvalue weighted by atomic mass is 16.2. The number of nitrogens with two attached hydrogens (primary N) is 1. The number of carbonyl (C=O) groups excluding carboxylic acids is 4. The molecule has 4 amide bonds. The zero-order valence-corrected chi connectivity index (χ0v) is 15.2. The molecule has 0 aromatic carbocycles. The van der Waals surface area contributed by atoms with E-state index in [4.69, 9.17) is 5.73 Å². The van der Waals surface area contributed by atoms with E-state index >= 15 is 0 Å². The minimum Gasteiger partial charge on any atom is -0.368 e. The quantitative estimate of drug-likeness (QED) is 0.538. The summed E-state index contributed by atoms with van der Waals surface area (Å²) in [6, 6.07) is -2.20. The Morgan fingerprint density at radius 2 is 2.19 bits per heavy atom. The number of carbonyl (C=O) groups is 4. The number of primary amides is 1. The van der Waals surface area contributed by atoms with E-state index in [1.54, 1.807) is 17.1 Å². The molecule has 0 spiro atoms. The van der Waals surface area contributed by atoms with E-state index in [0.29, 0.717) is 31.5 Å². The monoisotopic (exact) mass is 376 g/mol. The molecule has 0 saturated carbocycles. The van der Waals surface area contributed by atoms with Crippen molar-refractivity contribution >= 4 is 23.6 Å². The van der Waals surface area contributed by atoms with Crippen LogP contribution < -0.4 is 16.4 Å². The molecular weight excluding hydrogens is 352 g/mol. The highest BCUT2D eigenvalue weighted by Gasteiger charge is 2.38. The summed E-state index contributed by atoms with van der Waals surface area (Å²) in [7, 11) is 1.81. The molecule has 146 valence electrons. The first-order chi connectivity index (χ1) is 12.8. The molecule has 4 N–H and O–H groups in total. The van der Waals surface area contributed by atoms with E-state index in [9.17, 15) is 19.2 Å². The first kappa shape index (κ1) is 18.9. The van der Waals surface area contributed by atoms with Gasteiger partial charge in [0, 0.05) is 32.6 Å². The van der Waals surface area contributed by atoms with E-state index in [-0.39, 0.29) is 24.7 Å². The van der Waals surface area contributed by atoms with Gasteiger partial charge < -0.3 is 25.8 Å². The molecule has 2 saturated heterocycles. The molecule has 0 aliphatic carbocycles. The lowest BCUT2D eigenvalue weighted by atomic mass is 10.1. The topological polar surface area (TPSA) is 139 Å². The van der Waals surface area contributed by atoms with Gasteiger partial charge in [-0.1, -0.05) is 0 Å². The molecule has 2 aliphatic rings. The molecule has 0 bridgehead atoms. The van der Waals surface area contributed by atoms with Crippen LogP contribution in [-0.4, -0.2) is 62.7 Å². The number of aryl methyl sites for hydroxylation is 1. The van der Waals surface area contributed by atoms with E-state index < -0.39 is 29.9 Å². The number of aromatic nitrogens is 2. The normalized spacial score (nSPS) is 23.1. The van der Waals surface area contributed by atoms with Crippen molar-refractivity contribution in [1.82, 2.24) is 25.1 Å². The van der Waals surface area contributed by atoms with Crippen molar-refractivity contribution in [2.75, 3.05) is 6.54 Å². The summed E-state index contributed by atoms with van der Waals surface area (Å²) >= 11 is 0. The highest BCUT2D eigenvalue weighted by molar-refractivity contribution is 5.95. The van der Waals surface area contributed by atoms with Crippen molar-refractivity contribution in [3.8, 4) is 0 Å². The fourth-order valence-electron chi connectivity index (χ4n) is 3.59. The van der Waals surface area contributed by atoms with Crippen molar-refractivity contribution in [3.05, 3.63) is 18.2 Å². The van der Waals surface area contributed by atoms with Gasteiger partial charge in [0.1, 0.15) is 18.1 Å². The van der Waals surface area contributed by atoms with Crippen LogP contribution in [0.15, 0.2) is 12.5 Å². The Balaban J connectivity index is 1.76. The number of likely N-dealkylation sites (tertiary alicyclic amines) is 1. The summed E-state index contributed by atoms with van der Waals surface area (Å²) in [6.45, 7) is 0.418. The number of hydrogen-bond donors (Lipinski definition) is 3. The number of rotatable bonds is 6. The predicted molar refractivity (Wildman–Crippen MR) is 93.9 cm³/mol. The maximum absolute atomic E-state index is 13.1. The van der Waals surface area contributed by atoms with Crippen LogP contribution >= 0.6 is 0 Å². The third-order valence-electron chi connectivity index (χ3n) is 4.96. The second kappa shape index (κ2) is 7.77. The van der Waals surface area contributed by atoms with Gasteiger partial charge in [0.15, 0.2) is 0 Å². The molecule has 0 radical (unpaired) electrons. The molecule has 2 fully saturated rings. The van der Waals surface area contributed by atoms with Crippen LogP contribution in [0.5, 0.6) is 0 Å². The van der Waals surface area contributed by atoms with Crippen LogP contribution in [0.1, 0.15) is 31.4 Å². The van der Waals surface area contributed by atoms with Gasteiger partial charge in [-0.25, -0.2) is 4.98 Å². The van der Waals surface area contributed by atoms with Crippen LogP contribution in [0.4, 0.5) is 0 Å². The Morgan fingerprint density at radius 1 is 1.41 bits per heavy atom. The number of nitrogens with zero attached hydrogens (tertiary/aromatic N) is 3. The van der Waals surface area contributed by atoms with E-state index in [1.165, 1.54) is 4.90 Å². The fraction of sp³-hybridized carbons (Fsp3) is 0.588. The lowest BCUT2D eigenvalue weighted by Crippen LogP contribution is -2.56. The van der Waals surface area contributed by atoms with Crippen molar-refractivity contribution in [3.63, 3.8) is 0 Å². The number of hydrogen-bond acceptors (Lipinski definition) is 5. The maximum Gasteiger partial charge on any atom is 0.246 e. The Bertz CT molecular complexity index is 760. The Hall–Kier alpha value is -2.91. The number of nitrogens with one attached hydrogen (secondary N) is 2. The second-order valence-electron chi connectivity index (χ2n) is 7.05. The van der Waals surface area contributed by atoms with Crippen LogP contribution in [0.25, 0.3) is 0 Å². The molecule has 10 nitrogen and oxygen atoms in total. The summed E-state index contributed by atoms with van der Waals surface area (Å²) in [5, 5.41) is 5.32. The molecule has 27 heavy (non-hydrogen) atoms. The molecule has 3 rings (SSSR count). The van der Waals surface area contributed by atoms with Gasteiger partial charge in [-0.05, 0) is 19.3 Å². The van der Waals surface area contributed by atoms with Gasteiger partial charge in [0.25, 0.3) is 0 Å². The summed E-state index contributed by atoms with van der Waals surface area (Å²) in [4.78, 5) is 54.2. The molecule has 10 heteroatoms. The molecule has 3 atom stereocenters. The Kier molecular flexibility index (Phi) is 5.43.